The van der Waals surface area contributed by atoms with Gasteiger partial charge in [-0.1, -0.05) is 59.5 Å². The van der Waals surface area contributed by atoms with Gasteiger partial charge in [0.15, 0.2) is 0 Å². The number of hydrogen-bond donors (Lipinski definition) is 0. The first kappa shape index (κ1) is 36.4. The third-order valence-electron chi connectivity index (χ3n) is 9.34. The van der Waals surface area contributed by atoms with Crippen LogP contribution in [0.15, 0.2) is 151 Å². The number of furan rings is 1. The molecular weight excluding hydrogens is 843 g/mol. The molecule has 0 aliphatic heterocycles. The minimum absolute atomic E-state index is 0. The van der Waals surface area contributed by atoms with Crippen molar-refractivity contribution in [2.75, 3.05) is 0 Å². The van der Waals surface area contributed by atoms with E-state index < -0.39 is 0 Å². The van der Waals surface area contributed by atoms with Gasteiger partial charge in [0.1, 0.15) is 0 Å². The van der Waals surface area contributed by atoms with Crippen LogP contribution in [0, 0.1) is 25.1 Å². The number of nitrogens with zero attached hydrogens (tertiary/aromatic N) is 5. The minimum Gasteiger partial charge on any atom is -0.486 e. The Labute approximate surface area is 329 Å². The second kappa shape index (κ2) is 16.8. The number of benzene rings is 4. The molecule has 9 rings (SSSR count). The van der Waals surface area contributed by atoms with Crippen LogP contribution < -0.4 is 0 Å². The molecule has 0 fully saturated rings. The van der Waals surface area contributed by atoms with E-state index in [0.29, 0.717) is 5.71 Å². The van der Waals surface area contributed by atoms with Crippen molar-refractivity contribution in [3.63, 3.8) is 0 Å². The Balaban J connectivity index is 0.000000183. The van der Waals surface area contributed by atoms with Gasteiger partial charge in [0, 0.05) is 42.9 Å². The Bertz CT molecular complexity index is 2610. The fourth-order valence-electron chi connectivity index (χ4n) is 6.60. The van der Waals surface area contributed by atoms with Gasteiger partial charge in [-0.15, -0.1) is 89.5 Å². The number of imidazole rings is 1. The van der Waals surface area contributed by atoms with Crippen LogP contribution in [-0.2, 0) is 46.4 Å². The van der Waals surface area contributed by atoms with E-state index in [9.17, 15) is 0 Å². The van der Waals surface area contributed by atoms with Gasteiger partial charge >= 0.3 is 20.1 Å². The molecule has 9 aromatic rings. The second-order valence-electron chi connectivity index (χ2n) is 12.9. The van der Waals surface area contributed by atoms with Crippen molar-refractivity contribution in [3.8, 4) is 33.9 Å². The molecule has 0 saturated carbocycles. The third kappa shape index (κ3) is 7.98. The van der Waals surface area contributed by atoms with Crippen LogP contribution in [0.5, 0.6) is 0 Å². The molecule has 0 amide bonds. The van der Waals surface area contributed by atoms with Crippen LogP contribution >= 0.6 is 0 Å². The van der Waals surface area contributed by atoms with Crippen molar-refractivity contribution in [3.05, 3.63) is 192 Å². The van der Waals surface area contributed by atoms with Crippen molar-refractivity contribution in [1.29, 1.82) is 0 Å². The average Bonchev–Trinajstić information content (AvgIpc) is 3.81. The van der Waals surface area contributed by atoms with E-state index in [1.54, 1.807) is 6.20 Å². The molecule has 0 atom stereocenters. The van der Waals surface area contributed by atoms with Crippen LogP contribution in [-0.4, -0.2) is 24.5 Å². The zero-order valence-corrected chi connectivity index (χ0v) is 32.4. The molecule has 54 heavy (non-hydrogen) atoms. The molecule has 0 bridgehead atoms. The largest absolute Gasteiger partial charge is 3.00 e. The molecule has 0 saturated heterocycles. The van der Waals surface area contributed by atoms with Crippen LogP contribution in [0.2, 0.25) is 0 Å². The number of fused-ring (bicyclic) bond motifs is 3. The number of hydrogen-bond acceptors (Lipinski definition) is 5. The summed E-state index contributed by atoms with van der Waals surface area (Å²) in [5, 5.41) is 2.07. The number of aryl methyl sites for hydroxylation is 4. The SMILES string of the molecule is Cc1ccc2c(n1)oc1c(-c3nccn3C)[c-]ccc12.[Ir+3].[c-]1ccccc1-c1ccc(CCc2ccccc2Cc2ccc[c-]c2-c2ccccn2)cn1. The standard InChI is InChI=1S/C31H24N2.C16H12N3O.Ir/c1-2-11-26(12-3-1)30-20-18-24(23-33-30)17-19-25-10-4-5-13-27(25)22-28-14-6-7-15-29(28)31-16-8-9-21-32-31;1-10-6-7-12-11-4-3-5-13(14(11)20-16(12)18-10)15-17-8-9-19(15)2;/h1-11,13-14,16,18,20-21,23H,17,19,22H2;3-4,6-9H,1-2H3;/q-2;-1;+3. The number of pyridine rings is 3. The first-order valence-electron chi connectivity index (χ1n) is 17.7. The zero-order chi connectivity index (χ0) is 36.0. The summed E-state index contributed by atoms with van der Waals surface area (Å²) in [6, 6.07) is 51.0. The maximum Gasteiger partial charge on any atom is 3.00 e. The predicted octanol–water partition coefficient (Wildman–Crippen LogP) is 10.3. The number of aromatic nitrogens is 5. The quantitative estimate of drug-likeness (QED) is 0.142. The molecule has 0 aliphatic rings. The molecule has 0 radical (unpaired) electrons. The van der Waals surface area contributed by atoms with Crippen molar-refractivity contribution in [2.24, 2.45) is 7.05 Å². The molecular formula is C47H36IrN5O. The Hall–Kier alpha value is -6.01. The Kier molecular flexibility index (Phi) is 11.3. The first-order valence-corrected chi connectivity index (χ1v) is 17.7. The molecule has 7 heteroatoms. The van der Waals surface area contributed by atoms with E-state index in [1.165, 1.54) is 22.3 Å². The van der Waals surface area contributed by atoms with Gasteiger partial charge in [-0.3, -0.25) is 4.98 Å². The van der Waals surface area contributed by atoms with E-state index in [4.69, 9.17) is 4.42 Å². The summed E-state index contributed by atoms with van der Waals surface area (Å²) < 4.78 is 7.90. The van der Waals surface area contributed by atoms with Gasteiger partial charge in [0.25, 0.3) is 0 Å². The molecule has 6 nitrogen and oxygen atoms in total. The van der Waals surface area contributed by atoms with Gasteiger partial charge in [-0.2, -0.15) is 0 Å². The monoisotopic (exact) mass is 879 g/mol. The van der Waals surface area contributed by atoms with E-state index in [2.05, 4.69) is 86.7 Å². The minimum atomic E-state index is 0. The summed E-state index contributed by atoms with van der Waals surface area (Å²) >= 11 is 0. The molecule has 0 N–H and O–H groups in total. The van der Waals surface area contributed by atoms with Gasteiger partial charge in [-0.25, -0.2) is 4.98 Å². The van der Waals surface area contributed by atoms with Gasteiger partial charge in [0.05, 0.1) is 11.4 Å². The van der Waals surface area contributed by atoms with Crippen molar-refractivity contribution >= 4 is 22.1 Å². The second-order valence-corrected chi connectivity index (χ2v) is 12.9. The summed E-state index contributed by atoms with van der Waals surface area (Å²) in [5.74, 6) is 0.839. The molecule has 0 aliphatic carbocycles. The Morgan fingerprint density at radius 3 is 2.22 bits per heavy atom. The van der Waals surface area contributed by atoms with Crippen molar-refractivity contribution in [2.45, 2.75) is 26.2 Å². The van der Waals surface area contributed by atoms with Crippen molar-refractivity contribution < 1.29 is 24.5 Å². The summed E-state index contributed by atoms with van der Waals surface area (Å²) in [4.78, 5) is 18.0. The van der Waals surface area contributed by atoms with Gasteiger partial charge in [-0.05, 0) is 72.5 Å². The Morgan fingerprint density at radius 1 is 0.630 bits per heavy atom. The smallest absolute Gasteiger partial charge is 0.486 e. The molecule has 264 valence electrons. The maximum atomic E-state index is 5.95. The van der Waals surface area contributed by atoms with E-state index in [0.717, 1.165) is 75.2 Å². The van der Waals surface area contributed by atoms with E-state index >= 15 is 0 Å². The van der Waals surface area contributed by atoms with Crippen LogP contribution in [0.4, 0.5) is 0 Å². The summed E-state index contributed by atoms with van der Waals surface area (Å²) in [7, 11) is 1.96. The van der Waals surface area contributed by atoms with Crippen molar-refractivity contribution in [1.82, 2.24) is 24.5 Å². The molecule has 5 heterocycles. The zero-order valence-electron chi connectivity index (χ0n) is 30.0. The molecule has 0 spiro atoms. The molecule has 0 unspecified atom stereocenters. The summed E-state index contributed by atoms with van der Waals surface area (Å²) in [5.41, 5.74) is 12.5. The van der Waals surface area contributed by atoms with Crippen LogP contribution in [0.25, 0.3) is 56.0 Å². The summed E-state index contributed by atoms with van der Waals surface area (Å²) in [6.45, 7) is 1.96. The number of rotatable bonds is 8. The molecule has 5 aromatic heterocycles. The third-order valence-corrected chi connectivity index (χ3v) is 9.34. The van der Waals surface area contributed by atoms with Gasteiger partial charge < -0.3 is 19.0 Å². The topological polar surface area (TPSA) is 69.6 Å². The van der Waals surface area contributed by atoms with Crippen LogP contribution in [0.3, 0.4) is 0 Å². The van der Waals surface area contributed by atoms with Crippen LogP contribution in [0.1, 0.15) is 27.9 Å². The molecule has 4 aromatic carbocycles. The normalized spacial score (nSPS) is 10.9. The fraction of sp³-hybridized carbons (Fsp3) is 0.106. The maximum absolute atomic E-state index is 5.95. The van der Waals surface area contributed by atoms with Gasteiger partial charge in [0.2, 0.25) is 5.71 Å². The fourth-order valence-corrected chi connectivity index (χ4v) is 6.60. The predicted molar refractivity (Wildman–Crippen MR) is 211 cm³/mol. The Morgan fingerprint density at radius 2 is 1.44 bits per heavy atom. The van der Waals surface area contributed by atoms with E-state index in [-0.39, 0.29) is 20.1 Å². The van der Waals surface area contributed by atoms with E-state index in [1.807, 2.05) is 110 Å². The average molecular weight is 879 g/mol. The first-order chi connectivity index (χ1) is 26.1. The summed E-state index contributed by atoms with van der Waals surface area (Å²) in [6.07, 6.45) is 10.3.